The molecule has 2 aromatic heterocycles. The Morgan fingerprint density at radius 2 is 2.00 bits per heavy atom. The zero-order valence-corrected chi connectivity index (χ0v) is 15.3. The standard InChI is InChI=1S/C20H23N5O2/c1-24-9-7-14(8-10-24)12-21-20(27)16-13-22-25-18(26)11-17(23-19(16)25)15-5-3-2-4-6-15/h2-6,11,13-14,26H,7-10,12H2,1H3,(H,21,27). The maximum atomic E-state index is 12.7. The maximum Gasteiger partial charge on any atom is 0.256 e. The largest absolute Gasteiger partial charge is 0.493 e. The molecule has 1 amide bonds. The Balaban J connectivity index is 1.56. The molecule has 0 unspecified atom stereocenters. The zero-order valence-electron chi connectivity index (χ0n) is 15.3. The van der Waals surface area contributed by atoms with Crippen LogP contribution in [0.3, 0.4) is 0 Å². The zero-order chi connectivity index (χ0) is 18.8. The molecule has 0 bridgehead atoms. The third-order valence-electron chi connectivity index (χ3n) is 5.16. The number of fused-ring (bicyclic) bond motifs is 1. The van der Waals surface area contributed by atoms with Crippen LogP contribution in [0.5, 0.6) is 5.88 Å². The number of rotatable bonds is 4. The molecule has 7 nitrogen and oxygen atoms in total. The minimum Gasteiger partial charge on any atom is -0.493 e. The van der Waals surface area contributed by atoms with E-state index < -0.39 is 0 Å². The number of likely N-dealkylation sites (tertiary alicyclic amines) is 1. The molecular formula is C20H23N5O2. The Bertz CT molecular complexity index is 946. The average Bonchev–Trinajstić information content (AvgIpc) is 3.13. The monoisotopic (exact) mass is 365 g/mol. The number of benzene rings is 1. The second-order valence-corrected chi connectivity index (χ2v) is 7.12. The molecule has 3 heterocycles. The van der Waals surface area contributed by atoms with E-state index in [4.69, 9.17) is 0 Å². The predicted octanol–water partition coefficient (Wildman–Crippen LogP) is 2.17. The van der Waals surface area contributed by atoms with Crippen molar-refractivity contribution in [3.63, 3.8) is 0 Å². The number of amides is 1. The van der Waals surface area contributed by atoms with Gasteiger partial charge < -0.3 is 15.3 Å². The lowest BCUT2D eigenvalue weighted by Crippen LogP contribution is -2.36. The fourth-order valence-electron chi connectivity index (χ4n) is 3.46. The van der Waals surface area contributed by atoms with Crippen LogP contribution >= 0.6 is 0 Å². The van der Waals surface area contributed by atoms with Gasteiger partial charge in [-0.15, -0.1) is 0 Å². The van der Waals surface area contributed by atoms with Crippen LogP contribution in [-0.4, -0.2) is 57.2 Å². The summed E-state index contributed by atoms with van der Waals surface area (Å²) in [6.07, 6.45) is 3.63. The molecule has 4 rings (SSSR count). The van der Waals surface area contributed by atoms with Gasteiger partial charge in [-0.3, -0.25) is 4.79 Å². The van der Waals surface area contributed by atoms with Gasteiger partial charge in [0.25, 0.3) is 5.91 Å². The number of nitrogens with one attached hydrogen (secondary N) is 1. The van der Waals surface area contributed by atoms with Gasteiger partial charge in [-0.2, -0.15) is 9.61 Å². The summed E-state index contributed by atoms with van der Waals surface area (Å²) < 4.78 is 1.29. The van der Waals surface area contributed by atoms with Gasteiger partial charge in [0.2, 0.25) is 5.88 Å². The fourth-order valence-corrected chi connectivity index (χ4v) is 3.46. The lowest BCUT2D eigenvalue weighted by Gasteiger charge is -2.28. The number of aromatic hydroxyl groups is 1. The molecule has 0 aliphatic carbocycles. The van der Waals surface area contributed by atoms with Crippen molar-refractivity contribution in [3.8, 4) is 17.1 Å². The van der Waals surface area contributed by atoms with E-state index in [0.717, 1.165) is 31.5 Å². The van der Waals surface area contributed by atoms with Crippen molar-refractivity contribution in [2.24, 2.45) is 5.92 Å². The molecule has 1 aliphatic heterocycles. The van der Waals surface area contributed by atoms with Gasteiger partial charge in [0, 0.05) is 18.2 Å². The van der Waals surface area contributed by atoms with Crippen LogP contribution in [0.2, 0.25) is 0 Å². The average molecular weight is 365 g/mol. The molecular weight excluding hydrogens is 342 g/mol. The van der Waals surface area contributed by atoms with E-state index in [-0.39, 0.29) is 11.8 Å². The van der Waals surface area contributed by atoms with Crippen molar-refractivity contribution in [2.45, 2.75) is 12.8 Å². The molecule has 7 heteroatoms. The Morgan fingerprint density at radius 1 is 1.26 bits per heavy atom. The normalized spacial score (nSPS) is 15.9. The summed E-state index contributed by atoms with van der Waals surface area (Å²) in [7, 11) is 2.12. The molecule has 1 aromatic carbocycles. The summed E-state index contributed by atoms with van der Waals surface area (Å²) in [6.45, 7) is 2.77. The number of hydrogen-bond acceptors (Lipinski definition) is 5. The maximum absolute atomic E-state index is 12.7. The minimum absolute atomic E-state index is 0.0479. The Kier molecular flexibility index (Phi) is 4.77. The molecule has 1 fully saturated rings. The molecule has 0 radical (unpaired) electrons. The molecule has 2 N–H and O–H groups in total. The quantitative estimate of drug-likeness (QED) is 0.740. The number of hydrogen-bond donors (Lipinski definition) is 2. The van der Waals surface area contributed by atoms with Gasteiger partial charge in [-0.1, -0.05) is 30.3 Å². The van der Waals surface area contributed by atoms with Crippen LogP contribution in [-0.2, 0) is 0 Å². The molecule has 0 spiro atoms. The highest BCUT2D eigenvalue weighted by molar-refractivity contribution is 6.00. The number of piperidine rings is 1. The first-order chi connectivity index (χ1) is 13.1. The van der Waals surface area contributed by atoms with Crippen LogP contribution in [0.1, 0.15) is 23.2 Å². The highest BCUT2D eigenvalue weighted by Crippen LogP contribution is 2.24. The Morgan fingerprint density at radius 3 is 2.74 bits per heavy atom. The molecule has 0 saturated carbocycles. The van der Waals surface area contributed by atoms with Gasteiger partial charge in [0.15, 0.2) is 5.65 Å². The van der Waals surface area contributed by atoms with E-state index in [1.54, 1.807) is 6.07 Å². The lowest BCUT2D eigenvalue weighted by atomic mass is 9.97. The molecule has 1 saturated heterocycles. The fraction of sp³-hybridized carbons (Fsp3) is 0.350. The number of aromatic nitrogens is 3. The van der Waals surface area contributed by atoms with Gasteiger partial charge >= 0.3 is 0 Å². The van der Waals surface area contributed by atoms with Gasteiger partial charge in [-0.05, 0) is 38.9 Å². The van der Waals surface area contributed by atoms with Crippen molar-refractivity contribution in [1.82, 2.24) is 24.8 Å². The predicted molar refractivity (Wildman–Crippen MR) is 103 cm³/mol. The van der Waals surface area contributed by atoms with Crippen LogP contribution in [0, 0.1) is 5.92 Å². The van der Waals surface area contributed by atoms with E-state index in [1.807, 2.05) is 30.3 Å². The van der Waals surface area contributed by atoms with E-state index in [1.165, 1.54) is 10.7 Å². The third kappa shape index (κ3) is 3.64. The van der Waals surface area contributed by atoms with Crippen molar-refractivity contribution in [2.75, 3.05) is 26.7 Å². The summed E-state index contributed by atoms with van der Waals surface area (Å²) in [4.78, 5) is 19.6. The SMILES string of the molecule is CN1CCC(CNC(=O)c2cnn3c(O)cc(-c4ccccc4)nc23)CC1. The molecule has 27 heavy (non-hydrogen) atoms. The van der Waals surface area contributed by atoms with Crippen LogP contribution < -0.4 is 5.32 Å². The second-order valence-electron chi connectivity index (χ2n) is 7.12. The molecule has 140 valence electrons. The Labute approximate surface area is 157 Å². The summed E-state index contributed by atoms with van der Waals surface area (Å²) in [5.41, 5.74) is 2.20. The topological polar surface area (TPSA) is 82.8 Å². The highest BCUT2D eigenvalue weighted by Gasteiger charge is 2.20. The van der Waals surface area contributed by atoms with E-state index in [2.05, 4.69) is 27.3 Å². The Hall–Kier alpha value is -2.93. The van der Waals surface area contributed by atoms with Crippen molar-refractivity contribution in [1.29, 1.82) is 0 Å². The summed E-state index contributed by atoms with van der Waals surface area (Å²) in [6, 6.07) is 11.1. The van der Waals surface area contributed by atoms with E-state index in [9.17, 15) is 9.90 Å². The number of nitrogens with zero attached hydrogens (tertiary/aromatic N) is 4. The van der Waals surface area contributed by atoms with Gasteiger partial charge in [0.1, 0.15) is 5.56 Å². The highest BCUT2D eigenvalue weighted by atomic mass is 16.3. The first-order valence-corrected chi connectivity index (χ1v) is 9.22. The first kappa shape index (κ1) is 17.5. The minimum atomic E-state index is -0.207. The molecule has 0 atom stereocenters. The van der Waals surface area contributed by atoms with E-state index >= 15 is 0 Å². The van der Waals surface area contributed by atoms with Crippen LogP contribution in [0.4, 0.5) is 0 Å². The lowest BCUT2D eigenvalue weighted by molar-refractivity contribution is 0.0940. The number of carbonyl (C=O) groups is 1. The summed E-state index contributed by atoms with van der Waals surface area (Å²) in [5.74, 6) is 0.238. The van der Waals surface area contributed by atoms with Crippen LogP contribution in [0.15, 0.2) is 42.6 Å². The van der Waals surface area contributed by atoms with Crippen molar-refractivity contribution >= 4 is 11.6 Å². The van der Waals surface area contributed by atoms with Gasteiger partial charge in [-0.25, -0.2) is 4.98 Å². The third-order valence-corrected chi connectivity index (χ3v) is 5.16. The van der Waals surface area contributed by atoms with Crippen molar-refractivity contribution < 1.29 is 9.90 Å². The van der Waals surface area contributed by atoms with Gasteiger partial charge in [0.05, 0.1) is 11.9 Å². The van der Waals surface area contributed by atoms with E-state index in [0.29, 0.717) is 29.4 Å². The smallest absolute Gasteiger partial charge is 0.256 e. The summed E-state index contributed by atoms with van der Waals surface area (Å²) >= 11 is 0. The second kappa shape index (κ2) is 7.36. The number of carbonyl (C=O) groups excluding carboxylic acids is 1. The summed E-state index contributed by atoms with van der Waals surface area (Å²) in [5, 5.41) is 17.4. The first-order valence-electron chi connectivity index (χ1n) is 9.22. The molecule has 1 aliphatic rings. The van der Waals surface area contributed by atoms with Crippen molar-refractivity contribution in [3.05, 3.63) is 48.2 Å². The molecule has 3 aromatic rings. The van der Waals surface area contributed by atoms with Crippen LogP contribution in [0.25, 0.3) is 16.9 Å².